The van der Waals surface area contributed by atoms with Gasteiger partial charge in [0, 0.05) is 43.5 Å². The number of β-amino-alcohol motifs (C(OH)–C–C–N with tert-alkyl or cyclic N) is 1. The van der Waals surface area contributed by atoms with Crippen molar-refractivity contribution in [2.45, 2.75) is 17.4 Å². The lowest BCUT2D eigenvalue weighted by Crippen LogP contribution is -2.27. The number of rotatable bonds is 2. The Morgan fingerprint density at radius 3 is 2.88 bits per heavy atom. The van der Waals surface area contributed by atoms with Crippen LogP contribution in [0.1, 0.15) is 16.1 Å². The van der Waals surface area contributed by atoms with Crippen molar-refractivity contribution in [1.29, 1.82) is 0 Å². The van der Waals surface area contributed by atoms with Gasteiger partial charge in [-0.3, -0.25) is 4.79 Å². The third-order valence-corrected chi connectivity index (χ3v) is 4.91. The molecule has 3 N–H and O–H groups in total. The molecular formula is C15H15F2N3O3S. The smallest absolute Gasteiger partial charge is 0.272 e. The average Bonchev–Trinajstić information content (AvgIpc) is 2.78. The number of halogens is 2. The minimum atomic E-state index is -1.53. The second-order valence-electron chi connectivity index (χ2n) is 5.49. The largest absolute Gasteiger partial charge is 0.391 e. The van der Waals surface area contributed by atoms with E-state index in [2.05, 4.69) is 10.0 Å². The molecule has 2 atom stereocenters. The Kier molecular flexibility index (Phi) is 4.48. The van der Waals surface area contributed by atoms with Crippen LogP contribution in [0.3, 0.4) is 0 Å². The standard InChI is InChI=1S/C15H15F2N3O3S/c1-20-7-13-10(5-9(21)6-18-24(13)23)14(20)15(22)19-8-2-3-11(16)12(17)4-8/h2-4,7,9,18,21H,5-6H2,1H3,(H,19,22). The number of aliphatic hydroxyl groups excluding tert-OH is 1. The van der Waals surface area contributed by atoms with Crippen LogP contribution in [0.15, 0.2) is 29.3 Å². The number of nitrogens with zero attached hydrogens (tertiary/aromatic N) is 1. The fourth-order valence-corrected chi connectivity index (χ4v) is 3.78. The van der Waals surface area contributed by atoms with Gasteiger partial charge < -0.3 is 15.0 Å². The highest BCUT2D eigenvalue weighted by atomic mass is 32.2. The van der Waals surface area contributed by atoms with Crippen LogP contribution in [-0.2, 0) is 24.5 Å². The molecule has 6 nitrogen and oxygen atoms in total. The van der Waals surface area contributed by atoms with E-state index >= 15 is 0 Å². The van der Waals surface area contributed by atoms with Gasteiger partial charge in [-0.25, -0.2) is 17.7 Å². The highest BCUT2D eigenvalue weighted by Gasteiger charge is 2.28. The Morgan fingerprint density at radius 2 is 2.17 bits per heavy atom. The summed E-state index contributed by atoms with van der Waals surface area (Å²) in [6.45, 7) is 0.148. The van der Waals surface area contributed by atoms with Gasteiger partial charge >= 0.3 is 0 Å². The first-order valence-corrected chi connectivity index (χ1v) is 8.29. The summed E-state index contributed by atoms with van der Waals surface area (Å²) in [6, 6.07) is 3.04. The number of amides is 1. The molecule has 1 aromatic carbocycles. The summed E-state index contributed by atoms with van der Waals surface area (Å²) in [7, 11) is 0.0766. The normalized spacial score (nSPS) is 20.3. The monoisotopic (exact) mass is 355 g/mol. The summed E-state index contributed by atoms with van der Waals surface area (Å²) >= 11 is 0. The van der Waals surface area contributed by atoms with Gasteiger partial charge in [0.1, 0.15) is 16.7 Å². The molecule has 128 valence electrons. The van der Waals surface area contributed by atoms with E-state index in [1.807, 2.05) is 0 Å². The number of fused-ring (bicyclic) bond motifs is 1. The lowest BCUT2D eigenvalue weighted by Gasteiger charge is -2.11. The van der Waals surface area contributed by atoms with E-state index in [4.69, 9.17) is 0 Å². The molecule has 0 saturated carbocycles. The van der Waals surface area contributed by atoms with E-state index in [-0.39, 0.29) is 24.3 Å². The molecule has 1 aliphatic rings. The Hall–Kier alpha value is -2.10. The van der Waals surface area contributed by atoms with Crippen LogP contribution in [-0.4, -0.2) is 32.4 Å². The lowest BCUT2D eigenvalue weighted by molar-refractivity contribution is 0.101. The summed E-state index contributed by atoms with van der Waals surface area (Å²) in [5, 5.41) is 12.4. The van der Waals surface area contributed by atoms with Crippen molar-refractivity contribution in [2.75, 3.05) is 11.9 Å². The van der Waals surface area contributed by atoms with Crippen LogP contribution in [0, 0.1) is 11.6 Å². The van der Waals surface area contributed by atoms with Crippen LogP contribution in [0.5, 0.6) is 0 Å². The summed E-state index contributed by atoms with van der Waals surface area (Å²) < 4.78 is 42.5. The van der Waals surface area contributed by atoms with Crippen molar-refractivity contribution < 1.29 is 22.9 Å². The van der Waals surface area contributed by atoms with Gasteiger partial charge in [0.25, 0.3) is 5.91 Å². The maximum absolute atomic E-state index is 13.3. The number of aryl methyl sites for hydroxylation is 1. The van der Waals surface area contributed by atoms with Crippen LogP contribution >= 0.6 is 0 Å². The molecule has 9 heteroatoms. The van der Waals surface area contributed by atoms with Gasteiger partial charge in [0.15, 0.2) is 11.6 Å². The van der Waals surface area contributed by atoms with Gasteiger partial charge in [-0.05, 0) is 12.1 Å². The number of hydrogen-bond donors (Lipinski definition) is 3. The molecule has 0 aliphatic carbocycles. The molecule has 0 fully saturated rings. The number of aliphatic hydroxyl groups is 1. The second kappa shape index (κ2) is 6.42. The summed E-state index contributed by atoms with van der Waals surface area (Å²) in [5.74, 6) is -2.64. The lowest BCUT2D eigenvalue weighted by atomic mass is 10.1. The molecule has 0 radical (unpaired) electrons. The highest BCUT2D eigenvalue weighted by molar-refractivity contribution is 7.83. The Labute approximate surface area is 139 Å². The fourth-order valence-electron chi connectivity index (χ4n) is 2.62. The van der Waals surface area contributed by atoms with Gasteiger partial charge in [-0.15, -0.1) is 0 Å². The molecule has 1 aromatic heterocycles. The SMILES string of the molecule is Cn1cc2c(c1C(=O)Nc1ccc(F)c(F)c1)CC(O)CNS2=O. The van der Waals surface area contributed by atoms with E-state index in [0.29, 0.717) is 10.5 Å². The van der Waals surface area contributed by atoms with Crippen molar-refractivity contribution in [2.24, 2.45) is 7.05 Å². The Bertz CT molecular complexity index is 838. The third-order valence-electron chi connectivity index (χ3n) is 3.73. The van der Waals surface area contributed by atoms with Crippen molar-refractivity contribution >= 4 is 22.6 Å². The van der Waals surface area contributed by atoms with Gasteiger partial charge in [0.2, 0.25) is 0 Å². The van der Waals surface area contributed by atoms with Crippen LogP contribution in [0.25, 0.3) is 0 Å². The molecule has 0 bridgehead atoms. The molecule has 0 saturated heterocycles. The van der Waals surface area contributed by atoms with Crippen molar-refractivity contribution in [3.8, 4) is 0 Å². The first-order chi connectivity index (χ1) is 11.4. The second-order valence-corrected chi connectivity index (χ2v) is 6.76. The quantitative estimate of drug-likeness (QED) is 0.754. The minimum absolute atomic E-state index is 0.0993. The first kappa shape index (κ1) is 16.7. The van der Waals surface area contributed by atoms with E-state index in [0.717, 1.165) is 12.1 Å². The fraction of sp³-hybridized carbons (Fsp3) is 0.267. The number of carbonyl (C=O) groups is 1. The molecular weight excluding hydrogens is 340 g/mol. The zero-order chi connectivity index (χ0) is 17.4. The maximum atomic E-state index is 13.3. The molecule has 1 amide bonds. The zero-order valence-electron chi connectivity index (χ0n) is 12.7. The molecule has 3 rings (SSSR count). The molecule has 24 heavy (non-hydrogen) atoms. The van der Waals surface area contributed by atoms with Gasteiger partial charge in [0.05, 0.1) is 11.0 Å². The van der Waals surface area contributed by atoms with Crippen molar-refractivity contribution in [3.05, 3.63) is 47.3 Å². The zero-order valence-corrected chi connectivity index (χ0v) is 13.5. The maximum Gasteiger partial charge on any atom is 0.272 e. The predicted molar refractivity (Wildman–Crippen MR) is 83.8 cm³/mol. The highest BCUT2D eigenvalue weighted by Crippen LogP contribution is 2.25. The van der Waals surface area contributed by atoms with E-state index < -0.39 is 34.6 Å². The van der Waals surface area contributed by atoms with Crippen LogP contribution in [0.4, 0.5) is 14.5 Å². The molecule has 2 heterocycles. The van der Waals surface area contributed by atoms with Gasteiger partial charge in [-0.2, -0.15) is 0 Å². The summed E-state index contributed by atoms with van der Waals surface area (Å²) in [5.41, 5.74) is 0.779. The predicted octanol–water partition coefficient (Wildman–Crippen LogP) is 1.08. The number of aromatic nitrogens is 1. The van der Waals surface area contributed by atoms with E-state index in [1.165, 1.54) is 10.6 Å². The topological polar surface area (TPSA) is 83.4 Å². The number of carbonyl (C=O) groups excluding carboxylic acids is 1. The summed E-state index contributed by atoms with van der Waals surface area (Å²) in [4.78, 5) is 13.0. The van der Waals surface area contributed by atoms with Crippen LogP contribution in [0.2, 0.25) is 0 Å². The molecule has 1 aliphatic heterocycles. The van der Waals surface area contributed by atoms with Crippen molar-refractivity contribution in [1.82, 2.24) is 9.29 Å². The van der Waals surface area contributed by atoms with E-state index in [9.17, 15) is 22.9 Å². The minimum Gasteiger partial charge on any atom is -0.391 e. The third kappa shape index (κ3) is 3.10. The Balaban J connectivity index is 1.95. The van der Waals surface area contributed by atoms with Crippen LogP contribution < -0.4 is 10.0 Å². The molecule has 0 spiro atoms. The van der Waals surface area contributed by atoms with E-state index in [1.54, 1.807) is 13.2 Å². The number of benzene rings is 1. The van der Waals surface area contributed by atoms with Crippen molar-refractivity contribution in [3.63, 3.8) is 0 Å². The number of anilines is 1. The number of hydrogen-bond acceptors (Lipinski definition) is 3. The molecule has 2 unspecified atom stereocenters. The average molecular weight is 355 g/mol. The summed E-state index contributed by atoms with van der Waals surface area (Å²) in [6.07, 6.45) is 0.930. The molecule has 2 aromatic rings. The number of nitrogens with one attached hydrogen (secondary N) is 2. The first-order valence-electron chi connectivity index (χ1n) is 7.14. The Morgan fingerprint density at radius 1 is 1.42 bits per heavy atom. The van der Waals surface area contributed by atoms with Gasteiger partial charge in [-0.1, -0.05) is 0 Å².